The van der Waals surface area contributed by atoms with E-state index in [9.17, 15) is 0 Å². The summed E-state index contributed by atoms with van der Waals surface area (Å²) in [5, 5.41) is 0. The van der Waals surface area contributed by atoms with Crippen LogP contribution < -0.4 is 0 Å². The van der Waals surface area contributed by atoms with E-state index in [1.54, 1.807) is 26.7 Å². The molecular formula is C10H18O2. The highest BCUT2D eigenvalue weighted by Gasteiger charge is 1.92. The van der Waals surface area contributed by atoms with Gasteiger partial charge in [-0.15, -0.1) is 0 Å². The van der Waals surface area contributed by atoms with Gasteiger partial charge >= 0.3 is 0 Å². The van der Waals surface area contributed by atoms with Crippen molar-refractivity contribution in [3.63, 3.8) is 0 Å². The van der Waals surface area contributed by atoms with Crippen LogP contribution in [-0.4, -0.2) is 14.2 Å². The van der Waals surface area contributed by atoms with Crippen molar-refractivity contribution < 1.29 is 9.47 Å². The minimum absolute atomic E-state index is 1.03. The summed E-state index contributed by atoms with van der Waals surface area (Å²) in [7, 11) is 3.34. The van der Waals surface area contributed by atoms with E-state index in [1.807, 2.05) is 0 Å². The number of hydrogen-bond donors (Lipinski definition) is 0. The van der Waals surface area contributed by atoms with Crippen molar-refractivity contribution >= 4 is 0 Å². The van der Waals surface area contributed by atoms with Crippen LogP contribution in [0.25, 0.3) is 0 Å². The van der Waals surface area contributed by atoms with Crippen LogP contribution in [0, 0.1) is 0 Å². The second kappa shape index (κ2) is 6.77. The molecule has 2 heteroatoms. The minimum atomic E-state index is 1.03. The van der Waals surface area contributed by atoms with Crippen molar-refractivity contribution in [2.24, 2.45) is 0 Å². The summed E-state index contributed by atoms with van der Waals surface area (Å²) in [5.74, 6) is 0. The highest BCUT2D eigenvalue weighted by Crippen LogP contribution is 2.10. The van der Waals surface area contributed by atoms with Crippen LogP contribution in [0.1, 0.15) is 26.7 Å². The van der Waals surface area contributed by atoms with E-state index in [1.165, 1.54) is 11.1 Å². The number of methoxy groups -OCH3 is 2. The third-order valence-electron chi connectivity index (χ3n) is 1.55. The normalized spacial score (nSPS) is 13.0. The van der Waals surface area contributed by atoms with E-state index >= 15 is 0 Å². The van der Waals surface area contributed by atoms with Crippen molar-refractivity contribution in [1.29, 1.82) is 0 Å². The molecule has 0 bridgehead atoms. The average molecular weight is 170 g/mol. The molecule has 0 aliphatic carbocycles. The molecule has 12 heavy (non-hydrogen) atoms. The lowest BCUT2D eigenvalue weighted by Crippen LogP contribution is -1.83. The number of rotatable bonds is 5. The van der Waals surface area contributed by atoms with Crippen LogP contribution in [0.15, 0.2) is 23.7 Å². The first-order valence-electron chi connectivity index (χ1n) is 4.07. The minimum Gasteiger partial charge on any atom is -0.504 e. The van der Waals surface area contributed by atoms with Crippen molar-refractivity contribution in [1.82, 2.24) is 0 Å². The van der Waals surface area contributed by atoms with Crippen LogP contribution in [0.5, 0.6) is 0 Å². The Bertz CT molecular complexity index is 149. The van der Waals surface area contributed by atoms with Gasteiger partial charge in [-0.3, -0.25) is 0 Å². The molecule has 0 atom stereocenters. The van der Waals surface area contributed by atoms with Gasteiger partial charge in [0.1, 0.15) is 0 Å². The van der Waals surface area contributed by atoms with Gasteiger partial charge in [-0.2, -0.15) is 0 Å². The molecule has 0 rings (SSSR count). The van der Waals surface area contributed by atoms with Crippen molar-refractivity contribution in [3.8, 4) is 0 Å². The lowest BCUT2D eigenvalue weighted by molar-refractivity contribution is 0.330. The van der Waals surface area contributed by atoms with Gasteiger partial charge in [0.25, 0.3) is 0 Å². The van der Waals surface area contributed by atoms with Crippen LogP contribution in [0.2, 0.25) is 0 Å². The molecule has 0 aromatic heterocycles. The largest absolute Gasteiger partial charge is 0.504 e. The lowest BCUT2D eigenvalue weighted by Gasteiger charge is -2.01. The van der Waals surface area contributed by atoms with Crippen molar-refractivity contribution in [2.45, 2.75) is 26.7 Å². The van der Waals surface area contributed by atoms with E-state index < -0.39 is 0 Å². The topological polar surface area (TPSA) is 18.5 Å². The molecule has 0 fully saturated rings. The Kier molecular flexibility index (Phi) is 6.25. The van der Waals surface area contributed by atoms with E-state index in [-0.39, 0.29) is 0 Å². The fraction of sp³-hybridized carbons (Fsp3) is 0.600. The summed E-state index contributed by atoms with van der Waals surface area (Å²) >= 11 is 0. The Morgan fingerprint density at radius 2 is 1.25 bits per heavy atom. The SMILES string of the molecule is CO/C=C(/C)CC/C(C)=C\OC. The molecular weight excluding hydrogens is 152 g/mol. The summed E-state index contributed by atoms with van der Waals surface area (Å²) in [5.41, 5.74) is 2.50. The monoisotopic (exact) mass is 170 g/mol. The van der Waals surface area contributed by atoms with Gasteiger partial charge in [0.15, 0.2) is 0 Å². The Balaban J connectivity index is 3.68. The van der Waals surface area contributed by atoms with Gasteiger partial charge < -0.3 is 9.47 Å². The van der Waals surface area contributed by atoms with Gasteiger partial charge in [-0.1, -0.05) is 0 Å². The number of ether oxygens (including phenoxy) is 2. The predicted molar refractivity (Wildman–Crippen MR) is 50.8 cm³/mol. The second-order valence-corrected chi connectivity index (χ2v) is 2.90. The van der Waals surface area contributed by atoms with Gasteiger partial charge in [0.2, 0.25) is 0 Å². The summed E-state index contributed by atoms with van der Waals surface area (Å²) in [6.07, 6.45) is 5.61. The Morgan fingerprint density at radius 1 is 0.917 bits per heavy atom. The quantitative estimate of drug-likeness (QED) is 0.591. The summed E-state index contributed by atoms with van der Waals surface area (Å²) in [4.78, 5) is 0. The maximum absolute atomic E-state index is 4.88. The van der Waals surface area contributed by atoms with Crippen LogP contribution in [0.3, 0.4) is 0 Å². The standard InChI is InChI=1S/C10H18O2/c1-9(7-11-3)5-6-10(2)8-12-4/h7-8H,5-6H2,1-4H3/b9-7-,10-8-. The molecule has 0 amide bonds. The first-order chi connectivity index (χ1) is 5.70. The smallest absolute Gasteiger partial charge is 0.0813 e. The fourth-order valence-corrected chi connectivity index (χ4v) is 0.915. The molecule has 0 saturated carbocycles. The van der Waals surface area contributed by atoms with E-state index in [0.29, 0.717) is 0 Å². The van der Waals surface area contributed by atoms with Crippen LogP contribution >= 0.6 is 0 Å². The van der Waals surface area contributed by atoms with Crippen LogP contribution in [-0.2, 0) is 9.47 Å². The average Bonchev–Trinajstić information content (AvgIpc) is 2.02. The number of hydrogen-bond acceptors (Lipinski definition) is 2. The zero-order chi connectivity index (χ0) is 9.40. The maximum atomic E-state index is 4.88. The molecule has 0 unspecified atom stereocenters. The highest BCUT2D eigenvalue weighted by atomic mass is 16.5. The van der Waals surface area contributed by atoms with E-state index in [2.05, 4.69) is 13.8 Å². The molecule has 0 aromatic rings. The van der Waals surface area contributed by atoms with Crippen LogP contribution in [0.4, 0.5) is 0 Å². The summed E-state index contributed by atoms with van der Waals surface area (Å²) in [6.45, 7) is 4.12. The van der Waals surface area contributed by atoms with E-state index in [4.69, 9.17) is 9.47 Å². The lowest BCUT2D eigenvalue weighted by atomic mass is 10.1. The Hall–Kier alpha value is -0.920. The molecule has 0 saturated heterocycles. The number of allylic oxidation sites excluding steroid dienone is 2. The Labute approximate surface area is 74.9 Å². The summed E-state index contributed by atoms with van der Waals surface area (Å²) in [6, 6.07) is 0. The molecule has 0 radical (unpaired) electrons. The fourth-order valence-electron chi connectivity index (χ4n) is 0.915. The second-order valence-electron chi connectivity index (χ2n) is 2.90. The predicted octanol–water partition coefficient (Wildman–Crippen LogP) is 2.87. The first kappa shape index (κ1) is 11.1. The molecule has 0 spiro atoms. The molecule has 0 aliphatic heterocycles. The molecule has 0 N–H and O–H groups in total. The molecule has 0 aliphatic rings. The maximum Gasteiger partial charge on any atom is 0.0813 e. The third-order valence-corrected chi connectivity index (χ3v) is 1.55. The highest BCUT2D eigenvalue weighted by molar-refractivity contribution is 5.00. The van der Waals surface area contributed by atoms with Gasteiger partial charge in [0, 0.05) is 0 Å². The zero-order valence-corrected chi connectivity index (χ0v) is 8.39. The van der Waals surface area contributed by atoms with Gasteiger partial charge in [-0.25, -0.2) is 0 Å². The molecule has 0 aromatic carbocycles. The molecule has 2 nitrogen and oxygen atoms in total. The van der Waals surface area contributed by atoms with E-state index in [0.717, 1.165) is 12.8 Å². The molecule has 0 heterocycles. The molecule has 70 valence electrons. The zero-order valence-electron chi connectivity index (χ0n) is 8.39. The van der Waals surface area contributed by atoms with Gasteiger partial charge in [0.05, 0.1) is 26.7 Å². The Morgan fingerprint density at radius 3 is 1.50 bits per heavy atom. The van der Waals surface area contributed by atoms with Gasteiger partial charge in [-0.05, 0) is 37.8 Å². The first-order valence-corrected chi connectivity index (χ1v) is 4.07. The summed E-state index contributed by atoms with van der Waals surface area (Å²) < 4.78 is 9.77. The van der Waals surface area contributed by atoms with Crippen molar-refractivity contribution in [3.05, 3.63) is 23.7 Å². The third kappa shape index (κ3) is 5.83. The van der Waals surface area contributed by atoms with Crippen molar-refractivity contribution in [2.75, 3.05) is 14.2 Å².